The van der Waals surface area contributed by atoms with Crippen LogP contribution in [0.15, 0.2) is 6.07 Å². The second kappa shape index (κ2) is 6.30. The van der Waals surface area contributed by atoms with Crippen LogP contribution in [-0.2, 0) is 18.3 Å². The minimum Gasteiger partial charge on any atom is -0.481 e. The van der Waals surface area contributed by atoms with Gasteiger partial charge in [0.25, 0.3) is 5.91 Å². The van der Waals surface area contributed by atoms with Crippen LogP contribution in [0.5, 0.6) is 0 Å². The fourth-order valence-electron chi connectivity index (χ4n) is 2.34. The van der Waals surface area contributed by atoms with Gasteiger partial charge in [-0.15, -0.1) is 0 Å². The molecule has 110 valence electrons. The molecule has 7 heteroatoms. The number of thioether (sulfide) groups is 1. The Bertz CT molecular complexity index is 515. The zero-order valence-corrected chi connectivity index (χ0v) is 12.5. The van der Waals surface area contributed by atoms with E-state index in [9.17, 15) is 9.59 Å². The highest BCUT2D eigenvalue weighted by molar-refractivity contribution is 7.99. The second-order valence-corrected chi connectivity index (χ2v) is 5.97. The summed E-state index contributed by atoms with van der Waals surface area (Å²) in [5.74, 6) is 0.539. The first-order valence-corrected chi connectivity index (χ1v) is 7.81. The maximum Gasteiger partial charge on any atom is 0.305 e. The van der Waals surface area contributed by atoms with Gasteiger partial charge >= 0.3 is 5.97 Å². The van der Waals surface area contributed by atoms with Crippen LogP contribution >= 0.6 is 11.8 Å². The van der Waals surface area contributed by atoms with Crippen molar-refractivity contribution in [2.24, 2.45) is 7.05 Å². The number of carbonyl (C=O) groups is 2. The summed E-state index contributed by atoms with van der Waals surface area (Å²) in [6, 6.07) is 1.56. The molecule has 6 nitrogen and oxygen atoms in total. The minimum absolute atomic E-state index is 0.00275. The van der Waals surface area contributed by atoms with Gasteiger partial charge in [-0.05, 0) is 12.5 Å². The molecular weight excluding hydrogens is 278 g/mol. The summed E-state index contributed by atoms with van der Waals surface area (Å²) in [4.78, 5) is 25.2. The fraction of sp³-hybridized carbons (Fsp3) is 0.615. The van der Waals surface area contributed by atoms with Gasteiger partial charge < -0.3 is 10.0 Å². The van der Waals surface area contributed by atoms with E-state index in [4.69, 9.17) is 5.11 Å². The number of aromatic nitrogens is 2. The Balaban J connectivity index is 2.20. The third-order valence-corrected chi connectivity index (χ3v) is 4.50. The highest BCUT2D eigenvalue weighted by Crippen LogP contribution is 2.21. The second-order valence-electron chi connectivity index (χ2n) is 4.82. The monoisotopic (exact) mass is 297 g/mol. The summed E-state index contributed by atoms with van der Waals surface area (Å²) in [5, 5.41) is 13.2. The molecular formula is C13H19N3O3S. The number of hydrogen-bond acceptors (Lipinski definition) is 4. The van der Waals surface area contributed by atoms with Crippen molar-refractivity contribution in [2.45, 2.75) is 25.8 Å². The van der Waals surface area contributed by atoms with E-state index in [1.165, 1.54) is 0 Å². The first kappa shape index (κ1) is 14.9. The number of nitrogens with zero attached hydrogens (tertiary/aromatic N) is 3. The van der Waals surface area contributed by atoms with E-state index in [-0.39, 0.29) is 18.4 Å². The summed E-state index contributed by atoms with van der Waals surface area (Å²) < 4.78 is 1.58. The molecule has 0 bridgehead atoms. The van der Waals surface area contributed by atoms with Gasteiger partial charge in [0.1, 0.15) is 5.69 Å². The molecule has 0 radical (unpaired) electrons. The van der Waals surface area contributed by atoms with Crippen molar-refractivity contribution < 1.29 is 14.7 Å². The van der Waals surface area contributed by atoms with Crippen molar-refractivity contribution >= 4 is 23.6 Å². The highest BCUT2D eigenvalue weighted by Gasteiger charge is 2.31. The Morgan fingerprint density at radius 3 is 2.90 bits per heavy atom. The van der Waals surface area contributed by atoms with E-state index >= 15 is 0 Å². The standard InChI is InChI=1S/C13H19N3O3S/c1-3-9-6-11(15(2)14-9)13(19)16-4-5-20-8-10(16)7-12(17)18/h6,10H,3-5,7-8H2,1-2H3,(H,17,18). The lowest BCUT2D eigenvalue weighted by atomic mass is 10.1. The summed E-state index contributed by atoms with van der Waals surface area (Å²) in [6.45, 7) is 2.58. The molecule has 1 fully saturated rings. The highest BCUT2D eigenvalue weighted by atomic mass is 32.2. The van der Waals surface area contributed by atoms with Gasteiger partial charge in [0, 0.05) is 25.1 Å². The summed E-state index contributed by atoms with van der Waals surface area (Å²) >= 11 is 1.70. The van der Waals surface area contributed by atoms with Gasteiger partial charge in [-0.25, -0.2) is 0 Å². The van der Waals surface area contributed by atoms with E-state index in [1.807, 2.05) is 6.92 Å². The molecule has 1 aliphatic rings. The molecule has 1 saturated heterocycles. The molecule has 0 aliphatic carbocycles. The quantitative estimate of drug-likeness (QED) is 0.898. The molecule has 0 saturated carbocycles. The number of aliphatic carboxylic acids is 1. The molecule has 0 spiro atoms. The van der Waals surface area contributed by atoms with E-state index in [0.29, 0.717) is 18.0 Å². The van der Waals surface area contributed by atoms with Crippen molar-refractivity contribution in [3.05, 3.63) is 17.5 Å². The Morgan fingerprint density at radius 1 is 1.55 bits per heavy atom. The zero-order valence-electron chi connectivity index (χ0n) is 11.7. The van der Waals surface area contributed by atoms with Crippen LogP contribution < -0.4 is 0 Å². The third-order valence-electron chi connectivity index (χ3n) is 3.41. The number of aryl methyl sites for hydroxylation is 2. The van der Waals surface area contributed by atoms with Gasteiger partial charge in [0.15, 0.2) is 0 Å². The molecule has 1 aromatic rings. The van der Waals surface area contributed by atoms with E-state index in [2.05, 4.69) is 5.10 Å². The molecule has 1 aliphatic heterocycles. The third kappa shape index (κ3) is 3.15. The molecule has 2 heterocycles. The van der Waals surface area contributed by atoms with Crippen LogP contribution in [0.25, 0.3) is 0 Å². The number of carboxylic acids is 1. The van der Waals surface area contributed by atoms with Crippen molar-refractivity contribution in [1.82, 2.24) is 14.7 Å². The van der Waals surface area contributed by atoms with Crippen LogP contribution in [0.1, 0.15) is 29.5 Å². The molecule has 1 atom stereocenters. The van der Waals surface area contributed by atoms with Gasteiger partial charge in [-0.1, -0.05) is 6.92 Å². The SMILES string of the molecule is CCc1cc(C(=O)N2CCSCC2CC(=O)O)n(C)n1. The first-order valence-electron chi connectivity index (χ1n) is 6.66. The van der Waals surface area contributed by atoms with E-state index in [0.717, 1.165) is 17.9 Å². The first-order chi connectivity index (χ1) is 9.52. The Labute approximate surface area is 122 Å². The average Bonchev–Trinajstić information content (AvgIpc) is 2.79. The summed E-state index contributed by atoms with van der Waals surface area (Å²) in [5.41, 5.74) is 1.40. The normalized spacial score (nSPS) is 19.1. The minimum atomic E-state index is -0.866. The largest absolute Gasteiger partial charge is 0.481 e. The molecule has 2 rings (SSSR count). The van der Waals surface area contributed by atoms with Crippen molar-refractivity contribution in [1.29, 1.82) is 0 Å². The average molecular weight is 297 g/mol. The topological polar surface area (TPSA) is 75.4 Å². The predicted octanol–water partition coefficient (Wildman–Crippen LogP) is 1.01. The Morgan fingerprint density at radius 2 is 2.30 bits per heavy atom. The van der Waals surface area contributed by atoms with Gasteiger partial charge in [0.05, 0.1) is 18.2 Å². The summed E-state index contributed by atoms with van der Waals surface area (Å²) in [6.07, 6.45) is 0.771. The molecule has 1 unspecified atom stereocenters. The van der Waals surface area contributed by atoms with Gasteiger partial charge in [-0.2, -0.15) is 16.9 Å². The Kier molecular flexibility index (Phi) is 4.69. The van der Waals surface area contributed by atoms with Crippen LogP contribution in [0.4, 0.5) is 0 Å². The van der Waals surface area contributed by atoms with Crippen LogP contribution in [0.2, 0.25) is 0 Å². The van der Waals surface area contributed by atoms with Gasteiger partial charge in [-0.3, -0.25) is 14.3 Å². The lowest BCUT2D eigenvalue weighted by molar-refractivity contribution is -0.138. The molecule has 20 heavy (non-hydrogen) atoms. The van der Waals surface area contributed by atoms with E-state index < -0.39 is 5.97 Å². The summed E-state index contributed by atoms with van der Waals surface area (Å²) in [7, 11) is 1.75. The molecule has 1 amide bonds. The number of hydrogen-bond donors (Lipinski definition) is 1. The van der Waals surface area contributed by atoms with E-state index in [1.54, 1.807) is 34.5 Å². The number of carboxylic acid groups (broad SMARTS) is 1. The molecule has 1 aromatic heterocycles. The molecule has 0 aromatic carbocycles. The Hall–Kier alpha value is -1.50. The lowest BCUT2D eigenvalue weighted by Gasteiger charge is -2.34. The smallest absolute Gasteiger partial charge is 0.305 e. The van der Waals surface area contributed by atoms with Gasteiger partial charge in [0.2, 0.25) is 0 Å². The van der Waals surface area contributed by atoms with Crippen LogP contribution in [-0.4, -0.2) is 55.8 Å². The van der Waals surface area contributed by atoms with Crippen LogP contribution in [0.3, 0.4) is 0 Å². The maximum absolute atomic E-state index is 12.6. The van der Waals surface area contributed by atoms with Crippen molar-refractivity contribution in [3.8, 4) is 0 Å². The number of carbonyl (C=O) groups excluding carboxylic acids is 1. The number of amides is 1. The predicted molar refractivity (Wildman–Crippen MR) is 77.0 cm³/mol. The maximum atomic E-state index is 12.6. The zero-order chi connectivity index (χ0) is 14.7. The fourth-order valence-corrected chi connectivity index (χ4v) is 3.40. The van der Waals surface area contributed by atoms with Crippen LogP contribution in [0, 0.1) is 0 Å². The number of rotatable bonds is 4. The molecule has 1 N–H and O–H groups in total. The van der Waals surface area contributed by atoms with Crippen molar-refractivity contribution in [2.75, 3.05) is 18.1 Å². The lowest BCUT2D eigenvalue weighted by Crippen LogP contribution is -2.47. The van der Waals surface area contributed by atoms with Crippen molar-refractivity contribution in [3.63, 3.8) is 0 Å².